The van der Waals surface area contributed by atoms with E-state index in [1.165, 1.54) is 35.2 Å². The first-order valence-electron chi connectivity index (χ1n) is 12.6. The zero-order valence-corrected chi connectivity index (χ0v) is 24.8. The number of hydrogen-bond acceptors (Lipinski definition) is 4. The summed E-state index contributed by atoms with van der Waals surface area (Å²) in [4.78, 5) is 28.4. The smallest absolute Gasteiger partial charge is 0.264 e. The first-order chi connectivity index (χ1) is 18.5. The Morgan fingerprint density at radius 3 is 2.10 bits per heavy atom. The van der Waals surface area contributed by atoms with Crippen LogP contribution in [-0.2, 0) is 26.2 Å². The van der Waals surface area contributed by atoms with Crippen LogP contribution >= 0.6 is 23.2 Å². The van der Waals surface area contributed by atoms with E-state index in [1.54, 1.807) is 19.1 Å². The van der Waals surface area contributed by atoms with E-state index in [0.29, 0.717) is 13.0 Å². The Morgan fingerprint density at radius 2 is 1.54 bits per heavy atom. The Hall–Kier alpha value is -3.07. The van der Waals surface area contributed by atoms with Crippen LogP contribution in [0.1, 0.15) is 37.0 Å². The number of anilines is 1. The van der Waals surface area contributed by atoms with Crippen molar-refractivity contribution in [1.29, 1.82) is 0 Å². The van der Waals surface area contributed by atoms with Gasteiger partial charge in [-0.05, 0) is 63.1 Å². The van der Waals surface area contributed by atoms with E-state index in [1.807, 2.05) is 45.0 Å². The third-order valence-corrected chi connectivity index (χ3v) is 8.42. The van der Waals surface area contributed by atoms with Crippen molar-refractivity contribution in [3.05, 3.63) is 93.5 Å². The number of hydrogen-bond donors (Lipinski definition) is 1. The summed E-state index contributed by atoms with van der Waals surface area (Å²) in [6, 6.07) is 17.5. The summed E-state index contributed by atoms with van der Waals surface area (Å²) >= 11 is 12.5. The first kappa shape index (κ1) is 30.5. The lowest BCUT2D eigenvalue weighted by Gasteiger charge is -2.33. The van der Waals surface area contributed by atoms with Crippen molar-refractivity contribution in [2.45, 2.75) is 51.6 Å². The molecule has 7 nitrogen and oxygen atoms in total. The minimum absolute atomic E-state index is 0.0120. The molecule has 0 unspecified atom stereocenters. The van der Waals surface area contributed by atoms with E-state index in [4.69, 9.17) is 23.2 Å². The number of sulfonamides is 1. The maximum atomic E-state index is 14.0. The van der Waals surface area contributed by atoms with E-state index < -0.39 is 28.5 Å². The molecule has 0 aliphatic heterocycles. The second kappa shape index (κ2) is 13.3. The molecular weight excluding hydrogens is 557 g/mol. The Kier molecular flexibility index (Phi) is 10.4. The van der Waals surface area contributed by atoms with Gasteiger partial charge in [-0.1, -0.05) is 77.7 Å². The molecule has 0 aliphatic carbocycles. The largest absolute Gasteiger partial charge is 0.355 e. The Labute approximate surface area is 240 Å². The lowest BCUT2D eigenvalue weighted by Crippen LogP contribution is -2.52. The van der Waals surface area contributed by atoms with E-state index in [2.05, 4.69) is 5.32 Å². The second-order valence-electron chi connectivity index (χ2n) is 9.28. The van der Waals surface area contributed by atoms with Crippen LogP contribution in [-0.4, -0.2) is 44.3 Å². The first-order valence-corrected chi connectivity index (χ1v) is 14.8. The van der Waals surface area contributed by atoms with Crippen molar-refractivity contribution >= 4 is 50.7 Å². The van der Waals surface area contributed by atoms with Crippen molar-refractivity contribution in [1.82, 2.24) is 10.2 Å². The monoisotopic (exact) mass is 589 g/mol. The number of likely N-dealkylation sites (N-methyl/N-ethyl adjacent to an activating group) is 1. The van der Waals surface area contributed by atoms with Crippen molar-refractivity contribution in [2.24, 2.45) is 0 Å². The number of amides is 2. The van der Waals surface area contributed by atoms with Crippen molar-refractivity contribution in [3.8, 4) is 0 Å². The molecule has 3 aromatic carbocycles. The number of aryl methyl sites for hydroxylation is 2. The average molecular weight is 591 g/mol. The van der Waals surface area contributed by atoms with Crippen LogP contribution in [0.2, 0.25) is 10.0 Å². The number of rotatable bonds is 11. The van der Waals surface area contributed by atoms with Crippen molar-refractivity contribution in [3.63, 3.8) is 0 Å². The van der Waals surface area contributed by atoms with Crippen LogP contribution in [0.25, 0.3) is 0 Å². The fourth-order valence-corrected chi connectivity index (χ4v) is 6.18. The van der Waals surface area contributed by atoms with Gasteiger partial charge in [0.25, 0.3) is 10.0 Å². The van der Waals surface area contributed by atoms with Gasteiger partial charge in [-0.15, -0.1) is 0 Å². The lowest BCUT2D eigenvalue weighted by atomic mass is 10.1. The van der Waals surface area contributed by atoms with Crippen LogP contribution in [0, 0.1) is 13.8 Å². The van der Waals surface area contributed by atoms with E-state index in [9.17, 15) is 18.0 Å². The fraction of sp³-hybridized carbons (Fsp3) is 0.310. The van der Waals surface area contributed by atoms with Crippen molar-refractivity contribution < 1.29 is 18.0 Å². The summed E-state index contributed by atoms with van der Waals surface area (Å²) in [5, 5.41) is 3.23. The van der Waals surface area contributed by atoms with Gasteiger partial charge in [0.1, 0.15) is 12.6 Å². The number of halogens is 2. The molecule has 0 saturated heterocycles. The lowest BCUT2D eigenvalue weighted by molar-refractivity contribution is -0.140. The van der Waals surface area contributed by atoms with Gasteiger partial charge in [0.05, 0.1) is 10.6 Å². The van der Waals surface area contributed by atoms with Gasteiger partial charge < -0.3 is 10.2 Å². The predicted molar refractivity (Wildman–Crippen MR) is 157 cm³/mol. The molecule has 1 N–H and O–H groups in total. The number of carbonyl (C=O) groups is 2. The SMILES string of the molecule is CCNC(=O)[C@H](CC)N(Cc1cccc(C)c1)C(=O)CN(c1cc(Cl)cc(Cl)c1)S(=O)(=O)c1ccc(C)cc1. The highest BCUT2D eigenvalue weighted by Gasteiger charge is 2.33. The molecule has 208 valence electrons. The highest BCUT2D eigenvalue weighted by molar-refractivity contribution is 7.92. The zero-order valence-electron chi connectivity index (χ0n) is 22.4. The van der Waals surface area contributed by atoms with Crippen LogP contribution < -0.4 is 9.62 Å². The van der Waals surface area contributed by atoms with Crippen LogP contribution in [0.3, 0.4) is 0 Å². The molecule has 3 aromatic rings. The van der Waals surface area contributed by atoms with Crippen LogP contribution in [0.4, 0.5) is 5.69 Å². The highest BCUT2D eigenvalue weighted by atomic mass is 35.5. The third kappa shape index (κ3) is 7.75. The van der Waals surface area contributed by atoms with E-state index in [0.717, 1.165) is 21.0 Å². The molecule has 0 bridgehead atoms. The number of benzene rings is 3. The van der Waals surface area contributed by atoms with Gasteiger partial charge in [0, 0.05) is 23.1 Å². The Morgan fingerprint density at radius 1 is 0.897 bits per heavy atom. The predicted octanol–water partition coefficient (Wildman–Crippen LogP) is 5.75. The maximum absolute atomic E-state index is 14.0. The van der Waals surface area contributed by atoms with Gasteiger partial charge in [0.15, 0.2) is 0 Å². The summed E-state index contributed by atoms with van der Waals surface area (Å²) in [5.74, 6) is -0.846. The highest BCUT2D eigenvalue weighted by Crippen LogP contribution is 2.30. The topological polar surface area (TPSA) is 86.8 Å². The second-order valence-corrected chi connectivity index (χ2v) is 12.0. The third-order valence-electron chi connectivity index (χ3n) is 6.20. The van der Waals surface area contributed by atoms with Gasteiger partial charge in [0.2, 0.25) is 11.8 Å². The standard InChI is InChI=1S/C29H33Cl2N3O4S/c1-5-27(29(36)32-6-2)33(18-22-9-7-8-21(4)14-22)28(35)19-34(25-16-23(30)15-24(31)17-25)39(37,38)26-12-10-20(3)11-13-26/h7-17,27H,5-6,18-19H2,1-4H3,(H,32,36)/t27-/m0/s1. The fourth-order valence-electron chi connectivity index (χ4n) is 4.27. The molecule has 0 aliphatic rings. The number of nitrogens with one attached hydrogen (secondary N) is 1. The van der Waals surface area contributed by atoms with Gasteiger partial charge >= 0.3 is 0 Å². The minimum atomic E-state index is -4.21. The van der Waals surface area contributed by atoms with E-state index >= 15 is 0 Å². The summed E-state index contributed by atoms with van der Waals surface area (Å²) in [5.41, 5.74) is 2.86. The summed E-state index contributed by atoms with van der Waals surface area (Å²) in [6.07, 6.45) is 0.344. The quantitative estimate of drug-likeness (QED) is 0.308. The number of carbonyl (C=O) groups excluding carboxylic acids is 2. The Balaban J connectivity index is 2.10. The minimum Gasteiger partial charge on any atom is -0.355 e. The summed E-state index contributed by atoms with van der Waals surface area (Å²) < 4.78 is 28.8. The molecule has 2 amide bonds. The summed E-state index contributed by atoms with van der Waals surface area (Å²) in [6.45, 7) is 7.37. The summed E-state index contributed by atoms with van der Waals surface area (Å²) in [7, 11) is -4.21. The Bertz CT molecular complexity index is 1410. The molecule has 3 rings (SSSR count). The van der Waals surface area contributed by atoms with Gasteiger partial charge in [-0.25, -0.2) is 8.42 Å². The number of nitrogens with zero attached hydrogens (tertiary/aromatic N) is 2. The molecular formula is C29H33Cl2N3O4S. The van der Waals surface area contributed by atoms with Crippen LogP contribution in [0.5, 0.6) is 0 Å². The molecule has 0 aromatic heterocycles. The van der Waals surface area contributed by atoms with Gasteiger partial charge in [-0.2, -0.15) is 0 Å². The molecule has 0 spiro atoms. The molecule has 0 heterocycles. The molecule has 1 atom stereocenters. The molecule has 39 heavy (non-hydrogen) atoms. The van der Waals surface area contributed by atoms with E-state index in [-0.39, 0.29) is 33.1 Å². The average Bonchev–Trinajstić information content (AvgIpc) is 2.86. The van der Waals surface area contributed by atoms with Gasteiger partial charge in [-0.3, -0.25) is 13.9 Å². The molecule has 10 heteroatoms. The molecule has 0 radical (unpaired) electrons. The normalized spacial score (nSPS) is 12.1. The maximum Gasteiger partial charge on any atom is 0.264 e. The molecule has 0 saturated carbocycles. The van der Waals surface area contributed by atoms with Crippen molar-refractivity contribution in [2.75, 3.05) is 17.4 Å². The van der Waals surface area contributed by atoms with Crippen LogP contribution in [0.15, 0.2) is 71.6 Å². The zero-order chi connectivity index (χ0) is 28.7. The molecule has 0 fully saturated rings.